The van der Waals surface area contributed by atoms with E-state index in [2.05, 4.69) is 36.5 Å². The van der Waals surface area contributed by atoms with E-state index < -0.39 is 0 Å². The minimum absolute atomic E-state index is 0.152. The summed E-state index contributed by atoms with van der Waals surface area (Å²) in [5.74, 6) is 1.48. The second kappa shape index (κ2) is 6.99. The predicted octanol–water partition coefficient (Wildman–Crippen LogP) is 2.02. The van der Waals surface area contributed by atoms with Crippen LogP contribution >= 0.6 is 23.1 Å². The second-order valence-corrected chi connectivity index (χ2v) is 6.74. The Bertz CT molecular complexity index is 609. The highest BCUT2D eigenvalue weighted by atomic mass is 35.5. The highest BCUT2D eigenvalue weighted by Crippen LogP contribution is 2.22. The zero-order valence-corrected chi connectivity index (χ0v) is 14.3. The molecule has 0 N–H and O–H groups in total. The van der Waals surface area contributed by atoms with E-state index >= 15 is 0 Å². The summed E-state index contributed by atoms with van der Waals surface area (Å²) in [6, 6.07) is 0.152. The highest BCUT2D eigenvalue weighted by molar-refractivity contribution is 7.10. The van der Waals surface area contributed by atoms with Crippen LogP contribution in [-0.4, -0.2) is 55.7 Å². The number of aryl methyl sites for hydroxylation is 1. The fraction of sp³-hybridized carbons (Fsp3) is 0.692. The van der Waals surface area contributed by atoms with Crippen molar-refractivity contribution < 1.29 is 4.52 Å². The molecule has 1 saturated heterocycles. The third kappa shape index (κ3) is 3.45. The van der Waals surface area contributed by atoms with Gasteiger partial charge in [0.1, 0.15) is 10.0 Å². The summed E-state index contributed by atoms with van der Waals surface area (Å²) in [5.41, 5.74) is 0.873. The zero-order valence-electron chi connectivity index (χ0n) is 12.7. The Hall–Kier alpha value is -1.09. The van der Waals surface area contributed by atoms with Crippen LogP contribution in [0.4, 0.5) is 0 Å². The molecule has 7 nitrogen and oxygen atoms in total. The van der Waals surface area contributed by atoms with Gasteiger partial charge in [0.2, 0.25) is 5.89 Å². The number of rotatable bonds is 5. The van der Waals surface area contributed by atoms with E-state index in [9.17, 15) is 0 Å². The van der Waals surface area contributed by atoms with E-state index in [4.69, 9.17) is 16.1 Å². The monoisotopic (exact) mass is 342 g/mol. The maximum Gasteiger partial charge on any atom is 0.243 e. The first-order valence-corrected chi connectivity index (χ1v) is 8.58. The largest absolute Gasteiger partial charge is 0.338 e. The molecule has 3 heterocycles. The zero-order chi connectivity index (χ0) is 15.5. The standard InChI is InChI=1S/C13H19ClN6OS/c1-3-11-15-13(21-17-11)9(2)20-6-4-19(5-7-20)8-10-12(14)22-18-16-10/h9H,3-8H2,1-2H3. The highest BCUT2D eigenvalue weighted by Gasteiger charge is 2.26. The van der Waals surface area contributed by atoms with Gasteiger partial charge in [-0.05, 0) is 6.92 Å². The average Bonchev–Trinajstić information content (AvgIpc) is 3.17. The number of hydrogen-bond acceptors (Lipinski definition) is 8. The molecular formula is C13H19ClN6OS. The fourth-order valence-electron chi connectivity index (χ4n) is 2.55. The van der Waals surface area contributed by atoms with Crippen molar-refractivity contribution in [2.75, 3.05) is 26.2 Å². The first-order valence-electron chi connectivity index (χ1n) is 7.43. The van der Waals surface area contributed by atoms with Gasteiger partial charge in [0, 0.05) is 50.7 Å². The van der Waals surface area contributed by atoms with E-state index in [1.165, 1.54) is 11.5 Å². The average molecular weight is 343 g/mol. The second-order valence-electron chi connectivity index (χ2n) is 5.38. The summed E-state index contributed by atoms with van der Waals surface area (Å²) in [4.78, 5) is 9.14. The first-order chi connectivity index (χ1) is 10.7. The topological polar surface area (TPSA) is 71.2 Å². The quantitative estimate of drug-likeness (QED) is 0.823. The maximum absolute atomic E-state index is 6.06. The van der Waals surface area contributed by atoms with Crippen molar-refractivity contribution in [1.82, 2.24) is 29.5 Å². The van der Waals surface area contributed by atoms with Gasteiger partial charge in [0.25, 0.3) is 0 Å². The van der Waals surface area contributed by atoms with Crippen LogP contribution in [0.5, 0.6) is 0 Å². The molecule has 1 atom stereocenters. The van der Waals surface area contributed by atoms with Crippen LogP contribution in [0, 0.1) is 0 Å². The number of aromatic nitrogens is 4. The van der Waals surface area contributed by atoms with Gasteiger partial charge in [-0.3, -0.25) is 9.80 Å². The number of hydrogen-bond donors (Lipinski definition) is 0. The van der Waals surface area contributed by atoms with Crippen LogP contribution in [0.25, 0.3) is 0 Å². The molecule has 1 aliphatic heterocycles. The first kappa shape index (κ1) is 15.8. The SMILES string of the molecule is CCc1noc(C(C)N2CCN(Cc3nnsc3Cl)CC2)n1. The van der Waals surface area contributed by atoms with Crippen LogP contribution in [0.3, 0.4) is 0 Å². The smallest absolute Gasteiger partial charge is 0.243 e. The molecule has 1 unspecified atom stereocenters. The van der Waals surface area contributed by atoms with Crippen molar-refractivity contribution in [2.24, 2.45) is 0 Å². The summed E-state index contributed by atoms with van der Waals surface area (Å²) in [6.07, 6.45) is 0.798. The van der Waals surface area contributed by atoms with Gasteiger partial charge in [-0.25, -0.2) is 0 Å². The normalized spacial score (nSPS) is 18.7. The molecule has 2 aromatic heterocycles. The Morgan fingerprint density at radius 2 is 2.09 bits per heavy atom. The van der Waals surface area contributed by atoms with Crippen LogP contribution in [0.15, 0.2) is 4.52 Å². The van der Waals surface area contributed by atoms with E-state index in [0.29, 0.717) is 10.2 Å². The summed E-state index contributed by atoms with van der Waals surface area (Å²) in [5, 5.41) is 8.05. The molecule has 1 aliphatic rings. The lowest BCUT2D eigenvalue weighted by Gasteiger charge is -2.36. The van der Waals surface area contributed by atoms with E-state index in [0.717, 1.165) is 50.7 Å². The van der Waals surface area contributed by atoms with Crippen molar-refractivity contribution in [3.05, 3.63) is 21.7 Å². The van der Waals surface area contributed by atoms with Crippen LogP contribution in [-0.2, 0) is 13.0 Å². The third-order valence-electron chi connectivity index (χ3n) is 3.99. The minimum Gasteiger partial charge on any atom is -0.338 e. The minimum atomic E-state index is 0.152. The number of piperazine rings is 1. The summed E-state index contributed by atoms with van der Waals surface area (Å²) < 4.78 is 9.91. The molecule has 0 bridgehead atoms. The van der Waals surface area contributed by atoms with Crippen LogP contribution < -0.4 is 0 Å². The van der Waals surface area contributed by atoms with Crippen molar-refractivity contribution in [3.63, 3.8) is 0 Å². The van der Waals surface area contributed by atoms with Gasteiger partial charge < -0.3 is 4.52 Å². The molecule has 120 valence electrons. The van der Waals surface area contributed by atoms with Crippen molar-refractivity contribution in [2.45, 2.75) is 32.9 Å². The summed E-state index contributed by atoms with van der Waals surface area (Å²) in [7, 11) is 0. The van der Waals surface area contributed by atoms with E-state index in [-0.39, 0.29) is 6.04 Å². The van der Waals surface area contributed by atoms with E-state index in [1.807, 2.05) is 6.92 Å². The molecule has 3 rings (SSSR count). The van der Waals surface area contributed by atoms with Crippen molar-refractivity contribution >= 4 is 23.1 Å². The predicted molar refractivity (Wildman–Crippen MR) is 83.9 cm³/mol. The Morgan fingerprint density at radius 3 is 2.68 bits per heavy atom. The van der Waals surface area contributed by atoms with E-state index in [1.54, 1.807) is 0 Å². The molecule has 0 aromatic carbocycles. The molecule has 0 amide bonds. The molecular weight excluding hydrogens is 324 g/mol. The van der Waals surface area contributed by atoms with Crippen LogP contribution in [0.1, 0.15) is 37.3 Å². The van der Waals surface area contributed by atoms with Gasteiger partial charge in [-0.2, -0.15) is 4.98 Å². The van der Waals surface area contributed by atoms with Crippen molar-refractivity contribution in [3.8, 4) is 0 Å². The Kier molecular flexibility index (Phi) is 5.02. The molecule has 1 fully saturated rings. The Morgan fingerprint density at radius 1 is 1.32 bits per heavy atom. The van der Waals surface area contributed by atoms with Crippen molar-refractivity contribution in [1.29, 1.82) is 0 Å². The molecule has 0 radical (unpaired) electrons. The Labute approximate surface area is 138 Å². The number of halogens is 1. The molecule has 0 spiro atoms. The number of nitrogens with zero attached hydrogens (tertiary/aromatic N) is 6. The lowest BCUT2D eigenvalue weighted by Crippen LogP contribution is -2.46. The molecule has 9 heteroatoms. The van der Waals surface area contributed by atoms with Gasteiger partial charge >= 0.3 is 0 Å². The van der Waals surface area contributed by atoms with Gasteiger partial charge in [-0.15, -0.1) is 5.10 Å². The summed E-state index contributed by atoms with van der Waals surface area (Å²) >= 11 is 7.30. The summed E-state index contributed by atoms with van der Waals surface area (Å²) in [6.45, 7) is 8.75. The fourth-order valence-corrected chi connectivity index (χ4v) is 3.16. The maximum atomic E-state index is 6.06. The van der Waals surface area contributed by atoms with Gasteiger partial charge in [-0.1, -0.05) is 28.2 Å². The lowest BCUT2D eigenvalue weighted by molar-refractivity contribution is 0.0839. The lowest BCUT2D eigenvalue weighted by atomic mass is 10.2. The third-order valence-corrected chi connectivity index (χ3v) is 4.98. The molecule has 0 aliphatic carbocycles. The molecule has 22 heavy (non-hydrogen) atoms. The van der Waals surface area contributed by atoms with Gasteiger partial charge in [0.05, 0.1) is 6.04 Å². The van der Waals surface area contributed by atoms with Crippen LogP contribution in [0.2, 0.25) is 4.34 Å². The molecule has 0 saturated carbocycles. The van der Waals surface area contributed by atoms with Gasteiger partial charge in [0.15, 0.2) is 5.82 Å². The Balaban J connectivity index is 1.53. The molecule has 2 aromatic rings.